The molecule has 0 saturated heterocycles. The molecule has 0 atom stereocenters. The molecular weight excluding hydrogens is 366 g/mol. The van der Waals surface area contributed by atoms with Gasteiger partial charge in [-0.25, -0.2) is 0 Å². The number of hydrogen-bond acceptors (Lipinski definition) is 3. The lowest BCUT2D eigenvalue weighted by Gasteiger charge is -2.22. The molecule has 0 fully saturated rings. The van der Waals surface area contributed by atoms with Crippen molar-refractivity contribution in [3.05, 3.63) is 64.7 Å². The third-order valence-electron chi connectivity index (χ3n) is 3.80. The van der Waals surface area contributed by atoms with Crippen molar-refractivity contribution in [2.45, 2.75) is 31.9 Å². The van der Waals surface area contributed by atoms with Crippen LogP contribution in [0.2, 0.25) is 5.02 Å². The molecule has 0 aliphatic heterocycles. The highest BCUT2D eigenvalue weighted by atomic mass is 35.5. The number of benzene rings is 2. The van der Waals surface area contributed by atoms with E-state index in [4.69, 9.17) is 16.3 Å². The van der Waals surface area contributed by atoms with Crippen LogP contribution in [0.15, 0.2) is 48.5 Å². The quantitative estimate of drug-likeness (QED) is 0.638. The van der Waals surface area contributed by atoms with Crippen LogP contribution in [0.3, 0.4) is 0 Å². The van der Waals surface area contributed by atoms with Gasteiger partial charge in [0.15, 0.2) is 6.61 Å². The number of ether oxygens (including phenoxy) is 1. The highest BCUT2D eigenvalue weighted by Gasteiger charge is 2.18. The topological polar surface area (TPSA) is 38.3 Å². The summed E-state index contributed by atoms with van der Waals surface area (Å²) in [5, 5.41) is 3.65. The molecule has 1 amide bonds. The van der Waals surface area contributed by atoms with Gasteiger partial charge in [0.05, 0.1) is 0 Å². The van der Waals surface area contributed by atoms with E-state index in [9.17, 15) is 4.79 Å². The van der Waals surface area contributed by atoms with Crippen LogP contribution < -0.4 is 10.1 Å². The Morgan fingerprint density at radius 1 is 1.12 bits per heavy atom. The molecule has 140 valence electrons. The first-order chi connectivity index (χ1) is 12.4. The molecule has 5 heteroatoms. The highest BCUT2D eigenvalue weighted by Crippen LogP contribution is 2.30. The summed E-state index contributed by atoms with van der Waals surface area (Å²) in [6.45, 7) is 7.06. The molecule has 26 heavy (non-hydrogen) atoms. The monoisotopic (exact) mass is 391 g/mol. The van der Waals surface area contributed by atoms with Crippen molar-refractivity contribution in [2.75, 3.05) is 18.9 Å². The van der Waals surface area contributed by atoms with Crippen molar-refractivity contribution in [1.82, 2.24) is 5.32 Å². The zero-order valence-electron chi connectivity index (χ0n) is 15.5. The zero-order chi connectivity index (χ0) is 19.0. The fraction of sp³-hybridized carbons (Fsp3) is 0.381. The lowest BCUT2D eigenvalue weighted by atomic mass is 9.86. The van der Waals surface area contributed by atoms with Crippen LogP contribution >= 0.6 is 23.4 Å². The molecule has 2 aromatic rings. The molecule has 2 rings (SSSR count). The van der Waals surface area contributed by atoms with Gasteiger partial charge in [0.1, 0.15) is 5.75 Å². The summed E-state index contributed by atoms with van der Waals surface area (Å²) < 4.78 is 5.73. The molecule has 0 spiro atoms. The van der Waals surface area contributed by atoms with Gasteiger partial charge < -0.3 is 10.1 Å². The maximum Gasteiger partial charge on any atom is 0.257 e. The summed E-state index contributed by atoms with van der Waals surface area (Å²) in [6.07, 6.45) is 0. The van der Waals surface area contributed by atoms with Gasteiger partial charge in [0.2, 0.25) is 0 Å². The Balaban J connectivity index is 1.67. The van der Waals surface area contributed by atoms with E-state index in [2.05, 4.69) is 26.1 Å². The third kappa shape index (κ3) is 6.93. The SMILES string of the molecule is CC(C)(C)c1ccccc1OCC(=O)NCCSCc1ccc(Cl)cc1. The summed E-state index contributed by atoms with van der Waals surface area (Å²) in [5.74, 6) is 2.43. The molecule has 3 nitrogen and oxygen atoms in total. The van der Waals surface area contributed by atoms with Crippen LogP contribution in [0.1, 0.15) is 31.9 Å². The third-order valence-corrected chi connectivity index (χ3v) is 5.09. The van der Waals surface area contributed by atoms with Crippen LogP contribution in [0.5, 0.6) is 5.75 Å². The lowest BCUT2D eigenvalue weighted by molar-refractivity contribution is -0.122. The van der Waals surface area contributed by atoms with Crippen LogP contribution in [-0.2, 0) is 16.0 Å². The first-order valence-corrected chi connectivity index (χ1v) is 10.2. The second-order valence-corrected chi connectivity index (χ2v) is 8.61. The van der Waals surface area contributed by atoms with Gasteiger partial charge in [-0.15, -0.1) is 0 Å². The maximum absolute atomic E-state index is 12.0. The number of carbonyl (C=O) groups excluding carboxylic acids is 1. The summed E-state index contributed by atoms with van der Waals surface area (Å²) in [7, 11) is 0. The zero-order valence-corrected chi connectivity index (χ0v) is 17.1. The first-order valence-electron chi connectivity index (χ1n) is 8.67. The average Bonchev–Trinajstić information content (AvgIpc) is 2.61. The minimum atomic E-state index is -0.0965. The number of para-hydroxylation sites is 1. The van der Waals surface area contributed by atoms with Crippen molar-refractivity contribution in [2.24, 2.45) is 0 Å². The normalized spacial score (nSPS) is 11.2. The number of hydrogen-bond donors (Lipinski definition) is 1. The molecule has 0 aromatic heterocycles. The Bertz CT molecular complexity index is 711. The van der Waals surface area contributed by atoms with E-state index in [0.717, 1.165) is 27.8 Å². The standard InChI is InChI=1S/C21H26ClNO2S/c1-21(2,3)18-6-4-5-7-19(18)25-14-20(24)23-12-13-26-15-16-8-10-17(22)11-9-16/h4-11H,12-15H2,1-3H3,(H,23,24). The Hall–Kier alpha value is -1.65. The van der Waals surface area contributed by atoms with Gasteiger partial charge >= 0.3 is 0 Å². The molecule has 0 heterocycles. The van der Waals surface area contributed by atoms with E-state index in [1.165, 1.54) is 5.56 Å². The van der Waals surface area contributed by atoms with Crippen molar-refractivity contribution < 1.29 is 9.53 Å². The summed E-state index contributed by atoms with van der Waals surface area (Å²) in [6, 6.07) is 15.7. The van der Waals surface area contributed by atoms with Gasteiger partial charge in [0.25, 0.3) is 5.91 Å². The predicted molar refractivity (Wildman–Crippen MR) is 111 cm³/mol. The molecule has 1 N–H and O–H groups in total. The van der Waals surface area contributed by atoms with E-state index < -0.39 is 0 Å². The van der Waals surface area contributed by atoms with Crippen LogP contribution in [-0.4, -0.2) is 24.8 Å². The largest absolute Gasteiger partial charge is 0.483 e. The van der Waals surface area contributed by atoms with Crippen molar-refractivity contribution >= 4 is 29.3 Å². The molecule has 0 radical (unpaired) electrons. The molecule has 2 aromatic carbocycles. The number of rotatable bonds is 8. The second-order valence-electron chi connectivity index (χ2n) is 7.06. The van der Waals surface area contributed by atoms with Crippen LogP contribution in [0.4, 0.5) is 0 Å². The molecule has 0 unspecified atom stereocenters. The number of nitrogens with one attached hydrogen (secondary N) is 1. The number of carbonyl (C=O) groups is 1. The maximum atomic E-state index is 12.0. The first kappa shape index (κ1) is 20.7. The van der Waals surface area contributed by atoms with Gasteiger partial charge in [-0.3, -0.25) is 4.79 Å². The number of thioether (sulfide) groups is 1. The molecule has 0 saturated carbocycles. The van der Waals surface area contributed by atoms with Crippen LogP contribution in [0.25, 0.3) is 0 Å². The fourth-order valence-corrected chi connectivity index (χ4v) is 3.38. The highest BCUT2D eigenvalue weighted by molar-refractivity contribution is 7.98. The van der Waals surface area contributed by atoms with E-state index in [-0.39, 0.29) is 17.9 Å². The number of halogens is 1. The lowest BCUT2D eigenvalue weighted by Crippen LogP contribution is -2.31. The minimum absolute atomic E-state index is 0.0224. The average molecular weight is 392 g/mol. The van der Waals surface area contributed by atoms with E-state index >= 15 is 0 Å². The Morgan fingerprint density at radius 3 is 2.50 bits per heavy atom. The summed E-state index contributed by atoms with van der Waals surface area (Å²) >= 11 is 7.65. The molecule has 0 bridgehead atoms. The smallest absolute Gasteiger partial charge is 0.257 e. The number of amides is 1. The minimum Gasteiger partial charge on any atom is -0.483 e. The summed E-state index contributed by atoms with van der Waals surface area (Å²) in [4.78, 5) is 12.0. The Labute approximate surface area is 165 Å². The van der Waals surface area contributed by atoms with E-state index in [1.807, 2.05) is 48.5 Å². The molecule has 0 aliphatic rings. The molecular formula is C21H26ClNO2S. The van der Waals surface area contributed by atoms with E-state index in [0.29, 0.717) is 6.54 Å². The van der Waals surface area contributed by atoms with Crippen molar-refractivity contribution in [3.8, 4) is 5.75 Å². The fourth-order valence-electron chi connectivity index (χ4n) is 2.44. The van der Waals surface area contributed by atoms with Gasteiger partial charge in [-0.05, 0) is 34.7 Å². The predicted octanol–water partition coefficient (Wildman–Crippen LogP) is 5.07. The van der Waals surface area contributed by atoms with Gasteiger partial charge in [0, 0.05) is 23.1 Å². The second kappa shape index (κ2) is 9.89. The Morgan fingerprint density at radius 2 is 1.81 bits per heavy atom. The van der Waals surface area contributed by atoms with Crippen molar-refractivity contribution in [1.29, 1.82) is 0 Å². The summed E-state index contributed by atoms with van der Waals surface area (Å²) in [5.41, 5.74) is 2.31. The van der Waals surface area contributed by atoms with Gasteiger partial charge in [-0.2, -0.15) is 11.8 Å². The van der Waals surface area contributed by atoms with Gasteiger partial charge in [-0.1, -0.05) is 62.7 Å². The van der Waals surface area contributed by atoms with Crippen LogP contribution in [0, 0.1) is 0 Å². The molecule has 0 aliphatic carbocycles. The van der Waals surface area contributed by atoms with E-state index in [1.54, 1.807) is 11.8 Å². The van der Waals surface area contributed by atoms with Crippen molar-refractivity contribution in [3.63, 3.8) is 0 Å². The Kier molecular flexibility index (Phi) is 7.85.